The molecule has 0 spiro atoms. The number of sulfonamides is 1. The fraction of sp³-hybridized carbons (Fsp3) is 0.364. The summed E-state index contributed by atoms with van der Waals surface area (Å²) in [4.78, 5) is 23.9. The predicted octanol–water partition coefficient (Wildman–Crippen LogP) is 1.97. The van der Waals surface area contributed by atoms with Crippen molar-refractivity contribution in [3.8, 4) is 5.75 Å². The lowest BCUT2D eigenvalue weighted by Crippen LogP contribution is -2.40. The molecule has 172 valence electrons. The molecule has 1 aliphatic heterocycles. The number of carbonyl (C=O) groups excluding carboxylic acids is 2. The predicted molar refractivity (Wildman–Crippen MR) is 117 cm³/mol. The molecule has 9 nitrogen and oxygen atoms in total. The average Bonchev–Trinajstić information content (AvgIpc) is 2.80. The maximum absolute atomic E-state index is 12.6. The molecule has 1 fully saturated rings. The Morgan fingerprint density at radius 3 is 2.34 bits per heavy atom. The SMILES string of the molecule is Cc1ccc(OCCC(=O)OCC(=O)Nc2ccc(S(=O)(=O)N3CCOCC3)cc2)cc1. The molecular formula is C22H26N2O7S. The van der Waals surface area contributed by atoms with Crippen molar-refractivity contribution in [1.82, 2.24) is 4.31 Å². The molecule has 1 N–H and O–H groups in total. The number of aryl methyl sites for hydroxylation is 1. The largest absolute Gasteiger partial charge is 0.493 e. The van der Waals surface area contributed by atoms with Gasteiger partial charge in [-0.1, -0.05) is 17.7 Å². The molecule has 0 aliphatic carbocycles. The first-order valence-electron chi connectivity index (χ1n) is 10.2. The first-order valence-corrected chi connectivity index (χ1v) is 11.6. The smallest absolute Gasteiger partial charge is 0.309 e. The molecule has 3 rings (SSSR count). The van der Waals surface area contributed by atoms with E-state index >= 15 is 0 Å². The van der Waals surface area contributed by atoms with E-state index in [2.05, 4.69) is 5.32 Å². The highest BCUT2D eigenvalue weighted by molar-refractivity contribution is 7.89. The summed E-state index contributed by atoms with van der Waals surface area (Å²) in [5.41, 5.74) is 1.51. The number of ether oxygens (including phenoxy) is 3. The van der Waals surface area contributed by atoms with E-state index in [4.69, 9.17) is 14.2 Å². The van der Waals surface area contributed by atoms with Crippen molar-refractivity contribution >= 4 is 27.6 Å². The summed E-state index contributed by atoms with van der Waals surface area (Å²) >= 11 is 0. The van der Waals surface area contributed by atoms with Crippen LogP contribution in [0.1, 0.15) is 12.0 Å². The van der Waals surface area contributed by atoms with E-state index in [-0.39, 0.29) is 17.9 Å². The molecular weight excluding hydrogens is 436 g/mol. The minimum atomic E-state index is -3.60. The van der Waals surface area contributed by atoms with Crippen LogP contribution >= 0.6 is 0 Å². The number of amides is 1. The highest BCUT2D eigenvalue weighted by atomic mass is 32.2. The Hall–Kier alpha value is -2.95. The number of anilines is 1. The molecule has 0 saturated carbocycles. The van der Waals surface area contributed by atoms with Crippen LogP contribution in [0.15, 0.2) is 53.4 Å². The van der Waals surface area contributed by atoms with Crippen LogP contribution in [-0.4, -0.2) is 64.1 Å². The van der Waals surface area contributed by atoms with Gasteiger partial charge in [0.15, 0.2) is 6.61 Å². The Morgan fingerprint density at radius 1 is 1.03 bits per heavy atom. The van der Waals surface area contributed by atoms with Gasteiger partial charge in [0.05, 0.1) is 31.1 Å². The second-order valence-electron chi connectivity index (χ2n) is 7.16. The van der Waals surface area contributed by atoms with Crippen LogP contribution in [0.2, 0.25) is 0 Å². The Kier molecular flexibility index (Phi) is 8.20. The lowest BCUT2D eigenvalue weighted by molar-refractivity contribution is -0.147. The monoisotopic (exact) mass is 462 g/mol. The van der Waals surface area contributed by atoms with Crippen molar-refractivity contribution in [3.05, 3.63) is 54.1 Å². The number of carbonyl (C=O) groups is 2. The first-order chi connectivity index (χ1) is 15.3. The number of rotatable bonds is 9. The fourth-order valence-corrected chi connectivity index (χ4v) is 4.36. The molecule has 32 heavy (non-hydrogen) atoms. The zero-order valence-corrected chi connectivity index (χ0v) is 18.6. The third-order valence-electron chi connectivity index (χ3n) is 4.71. The second-order valence-corrected chi connectivity index (χ2v) is 9.10. The van der Waals surface area contributed by atoms with Gasteiger partial charge in [-0.15, -0.1) is 0 Å². The van der Waals surface area contributed by atoms with Gasteiger partial charge in [0.25, 0.3) is 5.91 Å². The Bertz CT molecular complexity index is 1020. The van der Waals surface area contributed by atoms with Crippen LogP contribution in [0.5, 0.6) is 5.75 Å². The lowest BCUT2D eigenvalue weighted by atomic mass is 10.2. The molecule has 0 atom stereocenters. The van der Waals surface area contributed by atoms with Crippen LogP contribution < -0.4 is 10.1 Å². The minimum absolute atomic E-state index is 0.00918. The van der Waals surface area contributed by atoms with Gasteiger partial charge in [-0.3, -0.25) is 9.59 Å². The summed E-state index contributed by atoms with van der Waals surface area (Å²) in [6.07, 6.45) is 0.00918. The summed E-state index contributed by atoms with van der Waals surface area (Å²) in [5, 5.41) is 2.57. The van der Waals surface area contributed by atoms with Gasteiger partial charge in [-0.2, -0.15) is 4.31 Å². The van der Waals surface area contributed by atoms with Crippen LogP contribution in [-0.2, 0) is 29.1 Å². The van der Waals surface area contributed by atoms with E-state index < -0.39 is 28.5 Å². The average molecular weight is 463 g/mol. The maximum Gasteiger partial charge on any atom is 0.309 e. The zero-order chi connectivity index (χ0) is 23.0. The van der Waals surface area contributed by atoms with E-state index in [1.54, 1.807) is 0 Å². The van der Waals surface area contributed by atoms with E-state index in [0.717, 1.165) is 5.56 Å². The molecule has 1 saturated heterocycles. The Balaban J connectivity index is 1.40. The van der Waals surface area contributed by atoms with Gasteiger partial charge >= 0.3 is 5.97 Å². The lowest BCUT2D eigenvalue weighted by Gasteiger charge is -2.26. The third-order valence-corrected chi connectivity index (χ3v) is 6.62. The number of nitrogens with zero attached hydrogens (tertiary/aromatic N) is 1. The van der Waals surface area contributed by atoms with Gasteiger partial charge in [-0.05, 0) is 43.3 Å². The molecule has 1 amide bonds. The van der Waals surface area contributed by atoms with Crippen LogP contribution in [0.25, 0.3) is 0 Å². The number of esters is 1. The van der Waals surface area contributed by atoms with E-state index in [0.29, 0.717) is 37.7 Å². The molecule has 10 heteroatoms. The molecule has 1 aliphatic rings. The molecule has 0 aromatic heterocycles. The standard InChI is InChI=1S/C22H26N2O7S/c1-17-2-6-19(7-3-17)30-13-10-22(26)31-16-21(25)23-18-4-8-20(9-5-18)32(27,28)24-11-14-29-15-12-24/h2-9H,10-16H2,1H3,(H,23,25). The van der Waals surface area contributed by atoms with Gasteiger partial charge in [-0.25, -0.2) is 8.42 Å². The molecule has 0 radical (unpaired) electrons. The normalized spacial score (nSPS) is 14.5. The summed E-state index contributed by atoms with van der Waals surface area (Å²) in [6.45, 7) is 3.01. The summed E-state index contributed by atoms with van der Waals surface area (Å²) in [7, 11) is -3.60. The van der Waals surface area contributed by atoms with Crippen molar-refractivity contribution < 1.29 is 32.2 Å². The molecule has 2 aromatic carbocycles. The number of nitrogens with one attached hydrogen (secondary N) is 1. The van der Waals surface area contributed by atoms with Crippen molar-refractivity contribution in [2.75, 3.05) is 44.8 Å². The number of hydrogen-bond acceptors (Lipinski definition) is 7. The van der Waals surface area contributed by atoms with Crippen molar-refractivity contribution in [2.24, 2.45) is 0 Å². The maximum atomic E-state index is 12.6. The topological polar surface area (TPSA) is 111 Å². The third kappa shape index (κ3) is 6.78. The highest BCUT2D eigenvalue weighted by Crippen LogP contribution is 2.19. The fourth-order valence-electron chi connectivity index (χ4n) is 2.95. The molecule has 2 aromatic rings. The van der Waals surface area contributed by atoms with Gasteiger partial charge in [0.1, 0.15) is 5.75 Å². The van der Waals surface area contributed by atoms with Crippen molar-refractivity contribution in [1.29, 1.82) is 0 Å². The number of benzene rings is 2. The van der Waals surface area contributed by atoms with Crippen LogP contribution in [0.4, 0.5) is 5.69 Å². The minimum Gasteiger partial charge on any atom is -0.493 e. The van der Waals surface area contributed by atoms with Crippen molar-refractivity contribution in [3.63, 3.8) is 0 Å². The molecule has 0 unspecified atom stereocenters. The molecule has 1 heterocycles. The van der Waals surface area contributed by atoms with Crippen molar-refractivity contribution in [2.45, 2.75) is 18.2 Å². The summed E-state index contributed by atoms with van der Waals surface area (Å²) in [6, 6.07) is 13.3. The highest BCUT2D eigenvalue weighted by Gasteiger charge is 2.26. The first kappa shape index (κ1) is 23.7. The van der Waals surface area contributed by atoms with Gasteiger partial charge < -0.3 is 19.5 Å². The van der Waals surface area contributed by atoms with E-state index in [1.165, 1.54) is 28.6 Å². The number of morpholine rings is 1. The second kappa shape index (κ2) is 11.1. The summed E-state index contributed by atoms with van der Waals surface area (Å²) in [5.74, 6) is -0.430. The Morgan fingerprint density at radius 2 is 1.69 bits per heavy atom. The summed E-state index contributed by atoms with van der Waals surface area (Å²) < 4.78 is 42.2. The van der Waals surface area contributed by atoms with Gasteiger partial charge in [0, 0.05) is 18.8 Å². The van der Waals surface area contributed by atoms with Crippen LogP contribution in [0, 0.1) is 6.92 Å². The quantitative estimate of drug-likeness (QED) is 0.567. The zero-order valence-electron chi connectivity index (χ0n) is 17.8. The van der Waals surface area contributed by atoms with E-state index in [9.17, 15) is 18.0 Å². The van der Waals surface area contributed by atoms with Crippen LogP contribution in [0.3, 0.4) is 0 Å². The Labute approximate surface area is 187 Å². The van der Waals surface area contributed by atoms with E-state index in [1.807, 2.05) is 31.2 Å². The van der Waals surface area contributed by atoms with Gasteiger partial charge in [0.2, 0.25) is 10.0 Å². The molecule has 0 bridgehead atoms. The number of hydrogen-bond donors (Lipinski definition) is 1.